The van der Waals surface area contributed by atoms with E-state index in [0.717, 1.165) is 24.0 Å². The summed E-state index contributed by atoms with van der Waals surface area (Å²) in [6.45, 7) is 3.33. The van der Waals surface area contributed by atoms with Crippen molar-refractivity contribution < 1.29 is 9.53 Å². The Morgan fingerprint density at radius 2 is 2.00 bits per heavy atom. The maximum atomic E-state index is 12.6. The van der Waals surface area contributed by atoms with E-state index in [9.17, 15) is 4.79 Å². The van der Waals surface area contributed by atoms with Crippen molar-refractivity contribution in [3.05, 3.63) is 65.5 Å². The van der Waals surface area contributed by atoms with Crippen LogP contribution >= 0.6 is 0 Å². The number of hydrogen-bond acceptors (Lipinski definition) is 3. The van der Waals surface area contributed by atoms with Crippen LogP contribution in [0.15, 0.2) is 48.8 Å². The van der Waals surface area contributed by atoms with Crippen LogP contribution in [0.1, 0.15) is 28.4 Å². The van der Waals surface area contributed by atoms with Crippen molar-refractivity contribution >= 4 is 5.91 Å². The van der Waals surface area contributed by atoms with Gasteiger partial charge in [0.25, 0.3) is 5.91 Å². The van der Waals surface area contributed by atoms with Gasteiger partial charge in [-0.3, -0.25) is 9.78 Å². The van der Waals surface area contributed by atoms with Crippen LogP contribution in [0.25, 0.3) is 0 Å². The van der Waals surface area contributed by atoms with Crippen molar-refractivity contribution in [2.45, 2.75) is 25.8 Å². The molecule has 4 nitrogen and oxygen atoms in total. The summed E-state index contributed by atoms with van der Waals surface area (Å²) < 4.78 is 5.60. The van der Waals surface area contributed by atoms with E-state index >= 15 is 0 Å². The summed E-state index contributed by atoms with van der Waals surface area (Å²) in [4.78, 5) is 16.6. The number of pyridine rings is 1. The number of hydrogen-bond donors (Lipinski definition) is 1. The van der Waals surface area contributed by atoms with Crippen LogP contribution in [0.3, 0.4) is 0 Å². The van der Waals surface area contributed by atoms with Gasteiger partial charge in [-0.15, -0.1) is 0 Å². The molecule has 1 aromatic carbocycles. The first-order valence-corrected chi connectivity index (χ1v) is 8.13. The Bertz CT molecular complexity index is 657. The zero-order valence-corrected chi connectivity index (χ0v) is 13.4. The Kier molecular flexibility index (Phi) is 5.03. The minimum atomic E-state index is -0.00215. The molecule has 1 saturated heterocycles. The average molecular weight is 310 g/mol. The molecule has 1 N–H and O–H groups in total. The van der Waals surface area contributed by atoms with E-state index in [1.165, 1.54) is 5.56 Å². The molecule has 23 heavy (non-hydrogen) atoms. The maximum Gasteiger partial charge on any atom is 0.251 e. The van der Waals surface area contributed by atoms with Gasteiger partial charge in [-0.25, -0.2) is 0 Å². The van der Waals surface area contributed by atoms with Gasteiger partial charge in [0, 0.05) is 23.9 Å². The molecule has 2 heterocycles. The van der Waals surface area contributed by atoms with Gasteiger partial charge in [0.15, 0.2) is 0 Å². The van der Waals surface area contributed by atoms with Crippen LogP contribution in [-0.2, 0) is 17.6 Å². The van der Waals surface area contributed by atoms with E-state index in [0.29, 0.717) is 19.1 Å². The number of nitrogens with one attached hydrogen (secondary N) is 1. The molecular weight excluding hydrogens is 288 g/mol. The molecule has 0 unspecified atom stereocenters. The van der Waals surface area contributed by atoms with Crippen LogP contribution in [0.5, 0.6) is 0 Å². The Balaban J connectivity index is 1.67. The normalized spacial score (nSPS) is 20.4. The van der Waals surface area contributed by atoms with Crippen molar-refractivity contribution in [1.82, 2.24) is 10.3 Å². The summed E-state index contributed by atoms with van der Waals surface area (Å²) in [5.41, 5.74) is 3.07. The van der Waals surface area contributed by atoms with Gasteiger partial charge in [0.05, 0.1) is 19.3 Å². The predicted octanol–water partition coefficient (Wildman–Crippen LogP) is 2.63. The second kappa shape index (κ2) is 7.38. The molecule has 0 saturated carbocycles. The van der Waals surface area contributed by atoms with Crippen LogP contribution < -0.4 is 5.32 Å². The van der Waals surface area contributed by atoms with Gasteiger partial charge in [-0.1, -0.05) is 25.1 Å². The number of benzene rings is 1. The zero-order chi connectivity index (χ0) is 16.1. The largest absolute Gasteiger partial charge is 0.379 e. The third-order valence-corrected chi connectivity index (χ3v) is 4.41. The monoisotopic (exact) mass is 310 g/mol. The number of amides is 1. The Morgan fingerprint density at radius 1 is 1.22 bits per heavy atom. The summed E-state index contributed by atoms with van der Waals surface area (Å²) in [6.07, 6.45) is 5.35. The highest BCUT2D eigenvalue weighted by Crippen LogP contribution is 2.20. The molecule has 2 aromatic rings. The number of carbonyl (C=O) groups is 1. The Labute approximate surface area is 136 Å². The van der Waals surface area contributed by atoms with E-state index in [1.54, 1.807) is 12.4 Å². The number of carbonyl (C=O) groups excluding carboxylic acids is 1. The zero-order valence-electron chi connectivity index (χ0n) is 13.4. The highest BCUT2D eigenvalue weighted by molar-refractivity contribution is 5.95. The van der Waals surface area contributed by atoms with Crippen molar-refractivity contribution in [1.29, 1.82) is 0 Å². The van der Waals surface area contributed by atoms with Gasteiger partial charge < -0.3 is 10.1 Å². The lowest BCUT2D eigenvalue weighted by Crippen LogP contribution is -2.40. The van der Waals surface area contributed by atoms with Crippen molar-refractivity contribution in [3.63, 3.8) is 0 Å². The third kappa shape index (κ3) is 3.77. The SMILES string of the molecule is CCc1ccccc1C(=O)N[C@H]1COC[C@H]1Cc1ccncc1. The fourth-order valence-electron chi connectivity index (χ4n) is 3.08. The molecule has 1 amide bonds. The minimum absolute atomic E-state index is 0.00215. The topological polar surface area (TPSA) is 51.2 Å². The molecule has 2 atom stereocenters. The fourth-order valence-corrected chi connectivity index (χ4v) is 3.08. The molecule has 120 valence electrons. The van der Waals surface area contributed by atoms with E-state index in [2.05, 4.69) is 17.2 Å². The van der Waals surface area contributed by atoms with Crippen LogP contribution in [-0.4, -0.2) is 30.1 Å². The highest BCUT2D eigenvalue weighted by atomic mass is 16.5. The average Bonchev–Trinajstić information content (AvgIpc) is 3.02. The number of aryl methyl sites for hydroxylation is 1. The van der Waals surface area contributed by atoms with Gasteiger partial charge in [-0.05, 0) is 42.2 Å². The van der Waals surface area contributed by atoms with Crippen LogP contribution in [0.2, 0.25) is 0 Å². The molecule has 1 aliphatic heterocycles. The van der Waals surface area contributed by atoms with E-state index in [-0.39, 0.29) is 11.9 Å². The Hall–Kier alpha value is -2.20. The second-order valence-corrected chi connectivity index (χ2v) is 5.95. The Morgan fingerprint density at radius 3 is 2.78 bits per heavy atom. The number of nitrogens with zero attached hydrogens (tertiary/aromatic N) is 1. The standard InChI is InChI=1S/C19H22N2O2/c1-2-15-5-3-4-6-17(15)19(22)21-18-13-23-12-16(18)11-14-7-9-20-10-8-14/h3-10,16,18H,2,11-13H2,1H3,(H,21,22)/t16-,18+/m1/s1. The lowest BCUT2D eigenvalue weighted by molar-refractivity contribution is 0.0924. The van der Waals surface area contributed by atoms with Gasteiger partial charge in [0.1, 0.15) is 0 Å². The van der Waals surface area contributed by atoms with Gasteiger partial charge in [-0.2, -0.15) is 0 Å². The number of aromatic nitrogens is 1. The van der Waals surface area contributed by atoms with Crippen molar-refractivity contribution in [2.75, 3.05) is 13.2 Å². The maximum absolute atomic E-state index is 12.6. The molecule has 0 spiro atoms. The van der Waals surface area contributed by atoms with Crippen molar-refractivity contribution in [3.8, 4) is 0 Å². The minimum Gasteiger partial charge on any atom is -0.379 e. The lowest BCUT2D eigenvalue weighted by Gasteiger charge is -2.20. The number of rotatable bonds is 5. The van der Waals surface area contributed by atoms with Crippen molar-refractivity contribution in [2.24, 2.45) is 5.92 Å². The van der Waals surface area contributed by atoms with Crippen LogP contribution in [0.4, 0.5) is 0 Å². The summed E-state index contributed by atoms with van der Waals surface area (Å²) in [7, 11) is 0. The lowest BCUT2D eigenvalue weighted by atomic mass is 9.95. The van der Waals surface area contributed by atoms with Crippen LogP contribution in [0, 0.1) is 5.92 Å². The number of ether oxygens (including phenoxy) is 1. The first-order chi connectivity index (χ1) is 11.3. The quantitative estimate of drug-likeness (QED) is 0.923. The van der Waals surface area contributed by atoms with Gasteiger partial charge >= 0.3 is 0 Å². The molecule has 0 aliphatic carbocycles. The van der Waals surface area contributed by atoms with E-state index in [1.807, 2.05) is 36.4 Å². The van der Waals surface area contributed by atoms with E-state index in [4.69, 9.17) is 4.74 Å². The first kappa shape index (κ1) is 15.7. The molecule has 0 radical (unpaired) electrons. The molecular formula is C19H22N2O2. The van der Waals surface area contributed by atoms with E-state index < -0.39 is 0 Å². The molecule has 4 heteroatoms. The molecule has 1 aromatic heterocycles. The second-order valence-electron chi connectivity index (χ2n) is 5.95. The third-order valence-electron chi connectivity index (χ3n) is 4.41. The molecule has 3 rings (SSSR count). The smallest absolute Gasteiger partial charge is 0.251 e. The molecule has 1 aliphatic rings. The molecule has 0 bridgehead atoms. The molecule has 1 fully saturated rings. The predicted molar refractivity (Wildman–Crippen MR) is 89.3 cm³/mol. The summed E-state index contributed by atoms with van der Waals surface area (Å²) in [6, 6.07) is 11.9. The first-order valence-electron chi connectivity index (χ1n) is 8.13. The summed E-state index contributed by atoms with van der Waals surface area (Å²) >= 11 is 0. The van der Waals surface area contributed by atoms with Gasteiger partial charge in [0.2, 0.25) is 0 Å². The fraction of sp³-hybridized carbons (Fsp3) is 0.368. The summed E-state index contributed by atoms with van der Waals surface area (Å²) in [5.74, 6) is 0.299. The highest BCUT2D eigenvalue weighted by Gasteiger charge is 2.30. The summed E-state index contributed by atoms with van der Waals surface area (Å²) in [5, 5.41) is 3.16.